The fraction of sp³-hybridized carbons (Fsp3) is 0.370. The number of nitrogens with one attached hydrogen (secondary N) is 3. The first-order valence-electron chi connectivity index (χ1n) is 12.6. The third-order valence-corrected chi connectivity index (χ3v) is 6.25. The molecule has 38 heavy (non-hydrogen) atoms. The first-order valence-corrected chi connectivity index (χ1v) is 12.6. The third-order valence-electron chi connectivity index (χ3n) is 6.25. The van der Waals surface area contributed by atoms with Crippen molar-refractivity contribution in [2.45, 2.75) is 44.9 Å². The van der Waals surface area contributed by atoms with Crippen LogP contribution in [0, 0.1) is 11.7 Å². The lowest BCUT2D eigenvalue weighted by molar-refractivity contribution is -0.0306. The molecule has 0 spiro atoms. The molecule has 1 fully saturated rings. The number of nitrogens with zero attached hydrogens (tertiary/aromatic N) is 3. The van der Waals surface area contributed by atoms with E-state index >= 15 is 0 Å². The largest absolute Gasteiger partial charge is 0.403 e. The molecule has 1 aliphatic heterocycles. The SMILES string of the molecule is C[C@H](C[C@@H](O)N1CCC[C@@H](Cc2ccc(F)cc2)C1)NC(=O)Nc1cc(N=CC=NN)cc(N/C=C\N)c1. The van der Waals surface area contributed by atoms with E-state index in [2.05, 4.69) is 30.9 Å². The molecular formula is C27H37FN8O2. The van der Waals surface area contributed by atoms with Crippen LogP contribution in [0.5, 0.6) is 0 Å². The Morgan fingerprint density at radius 1 is 1.24 bits per heavy atom. The van der Waals surface area contributed by atoms with Gasteiger partial charge in [0.2, 0.25) is 0 Å². The van der Waals surface area contributed by atoms with E-state index in [0.29, 0.717) is 29.4 Å². The molecule has 0 saturated carbocycles. The van der Waals surface area contributed by atoms with Gasteiger partial charge in [-0.2, -0.15) is 5.10 Å². The number of piperidine rings is 1. The molecule has 0 aromatic heterocycles. The van der Waals surface area contributed by atoms with Gasteiger partial charge in [0.1, 0.15) is 12.0 Å². The van der Waals surface area contributed by atoms with Crippen LogP contribution in [0.2, 0.25) is 0 Å². The molecular weight excluding hydrogens is 487 g/mol. The van der Waals surface area contributed by atoms with Crippen molar-refractivity contribution in [2.24, 2.45) is 27.6 Å². The second kappa shape index (κ2) is 14.7. The summed E-state index contributed by atoms with van der Waals surface area (Å²) in [5, 5.41) is 22.9. The molecule has 3 rings (SSSR count). The Morgan fingerprint density at radius 3 is 2.74 bits per heavy atom. The highest BCUT2D eigenvalue weighted by molar-refractivity contribution is 6.16. The molecule has 0 unspecified atom stereocenters. The highest BCUT2D eigenvalue weighted by Gasteiger charge is 2.26. The van der Waals surface area contributed by atoms with Gasteiger partial charge in [0, 0.05) is 55.5 Å². The van der Waals surface area contributed by atoms with Crippen molar-refractivity contribution in [3.8, 4) is 0 Å². The molecule has 8 N–H and O–H groups in total. The lowest BCUT2D eigenvalue weighted by Gasteiger charge is -2.37. The van der Waals surface area contributed by atoms with Crippen LogP contribution in [0.25, 0.3) is 0 Å². The van der Waals surface area contributed by atoms with Gasteiger partial charge >= 0.3 is 6.03 Å². The number of aliphatic imine (C=N–C) groups is 1. The maximum absolute atomic E-state index is 13.2. The summed E-state index contributed by atoms with van der Waals surface area (Å²) in [6.45, 7) is 3.41. The van der Waals surface area contributed by atoms with Crippen molar-refractivity contribution in [1.82, 2.24) is 10.2 Å². The Bertz CT molecular complexity index is 1120. The summed E-state index contributed by atoms with van der Waals surface area (Å²) in [6.07, 6.45) is 8.30. The van der Waals surface area contributed by atoms with Crippen LogP contribution >= 0.6 is 0 Å². The number of rotatable bonds is 11. The van der Waals surface area contributed by atoms with E-state index in [-0.39, 0.29) is 11.9 Å². The maximum atomic E-state index is 13.2. The number of likely N-dealkylation sites (tertiary alicyclic amines) is 1. The highest BCUT2D eigenvalue weighted by atomic mass is 19.1. The lowest BCUT2D eigenvalue weighted by Crippen LogP contribution is -2.47. The van der Waals surface area contributed by atoms with Gasteiger partial charge < -0.3 is 32.6 Å². The smallest absolute Gasteiger partial charge is 0.319 e. The highest BCUT2D eigenvalue weighted by Crippen LogP contribution is 2.25. The number of carbonyl (C=O) groups is 1. The number of amides is 2. The van der Waals surface area contributed by atoms with E-state index in [0.717, 1.165) is 37.9 Å². The number of hydrogen-bond donors (Lipinski definition) is 6. The number of urea groups is 1. The van der Waals surface area contributed by atoms with E-state index in [1.807, 2.05) is 19.1 Å². The maximum Gasteiger partial charge on any atom is 0.319 e. The number of carbonyl (C=O) groups excluding carboxylic acids is 1. The zero-order valence-electron chi connectivity index (χ0n) is 21.6. The Kier molecular flexibility index (Phi) is 11.1. The average molecular weight is 525 g/mol. The van der Waals surface area contributed by atoms with E-state index < -0.39 is 12.3 Å². The molecule has 2 aromatic rings. The molecule has 0 radical (unpaired) electrons. The molecule has 10 nitrogen and oxygen atoms in total. The third kappa shape index (κ3) is 9.49. The first kappa shape index (κ1) is 28.6. The van der Waals surface area contributed by atoms with E-state index in [4.69, 9.17) is 11.6 Å². The Labute approximate surface area is 222 Å². The zero-order valence-corrected chi connectivity index (χ0v) is 21.6. The summed E-state index contributed by atoms with van der Waals surface area (Å²) in [5.74, 6) is 5.25. The molecule has 1 aliphatic rings. The molecule has 2 amide bonds. The summed E-state index contributed by atoms with van der Waals surface area (Å²) >= 11 is 0. The Hall–Kier alpha value is -3.96. The predicted octanol–water partition coefficient (Wildman–Crippen LogP) is 3.49. The van der Waals surface area contributed by atoms with Crippen LogP contribution in [0.4, 0.5) is 26.2 Å². The Balaban J connectivity index is 1.53. The van der Waals surface area contributed by atoms with Crippen LogP contribution in [0.3, 0.4) is 0 Å². The number of aliphatic hydroxyl groups is 1. The standard InChI is InChI=1S/C27H37FN8O2/c1-19(13-26(37)36-12-2-3-21(18-36)14-20-4-6-22(28)7-5-20)34-27(38)35-25-16-23(31-9-8-29)15-24(17-25)32-10-11-33-30/h4-11,15-17,19,21,26,31,37H,2-3,12-14,18,29-30H2,1H3,(H2,34,35,38)/b9-8-,32-10?,33-11?/t19-,21+,26-/m1/s1. The molecule has 0 aliphatic carbocycles. The molecule has 1 heterocycles. The summed E-state index contributed by atoms with van der Waals surface area (Å²) in [4.78, 5) is 19.0. The van der Waals surface area contributed by atoms with Crippen LogP contribution in [0.1, 0.15) is 31.7 Å². The van der Waals surface area contributed by atoms with Gasteiger partial charge in [0.15, 0.2) is 0 Å². The summed E-state index contributed by atoms with van der Waals surface area (Å²) in [7, 11) is 0. The molecule has 2 aromatic carbocycles. The van der Waals surface area contributed by atoms with Gasteiger partial charge in [-0.05, 0) is 68.0 Å². The molecule has 11 heteroatoms. The van der Waals surface area contributed by atoms with E-state index in [1.165, 1.54) is 30.8 Å². The molecule has 3 atom stereocenters. The summed E-state index contributed by atoms with van der Waals surface area (Å²) < 4.78 is 13.2. The van der Waals surface area contributed by atoms with Crippen LogP contribution in [-0.2, 0) is 6.42 Å². The monoisotopic (exact) mass is 524 g/mol. The first-order chi connectivity index (χ1) is 18.4. The summed E-state index contributed by atoms with van der Waals surface area (Å²) in [6, 6.07) is 11.1. The molecule has 1 saturated heterocycles. The van der Waals surface area contributed by atoms with E-state index in [1.54, 1.807) is 24.4 Å². The second-order valence-electron chi connectivity index (χ2n) is 9.40. The van der Waals surface area contributed by atoms with Crippen molar-refractivity contribution in [2.75, 3.05) is 23.7 Å². The number of hydrazone groups is 1. The normalized spacial score (nSPS) is 18.1. The summed E-state index contributed by atoms with van der Waals surface area (Å²) in [5.41, 5.74) is 8.26. The number of benzene rings is 2. The van der Waals surface area contributed by atoms with Crippen LogP contribution in [-0.4, -0.2) is 53.8 Å². The minimum absolute atomic E-state index is 0.237. The van der Waals surface area contributed by atoms with Crippen LogP contribution < -0.4 is 27.5 Å². The minimum Gasteiger partial charge on any atom is -0.403 e. The average Bonchev–Trinajstić information content (AvgIpc) is 2.89. The number of halogens is 1. The molecule has 0 bridgehead atoms. The van der Waals surface area contributed by atoms with Crippen molar-refractivity contribution in [1.29, 1.82) is 0 Å². The topological polar surface area (TPSA) is 153 Å². The van der Waals surface area contributed by atoms with Crippen molar-refractivity contribution in [3.63, 3.8) is 0 Å². The fourth-order valence-corrected chi connectivity index (χ4v) is 4.55. The van der Waals surface area contributed by atoms with Gasteiger partial charge in [0.05, 0.1) is 11.9 Å². The predicted molar refractivity (Wildman–Crippen MR) is 151 cm³/mol. The van der Waals surface area contributed by atoms with Crippen LogP contribution in [0.15, 0.2) is 65.0 Å². The quantitative estimate of drug-likeness (QED) is 0.150. The van der Waals surface area contributed by atoms with Crippen molar-refractivity contribution >= 4 is 35.5 Å². The second-order valence-corrected chi connectivity index (χ2v) is 9.40. The minimum atomic E-state index is -0.679. The number of nitrogens with two attached hydrogens (primary N) is 2. The van der Waals surface area contributed by atoms with Gasteiger partial charge in [0.25, 0.3) is 0 Å². The van der Waals surface area contributed by atoms with Gasteiger partial charge in [-0.3, -0.25) is 9.89 Å². The zero-order chi connectivity index (χ0) is 27.3. The van der Waals surface area contributed by atoms with Gasteiger partial charge in [-0.25, -0.2) is 9.18 Å². The Morgan fingerprint density at radius 2 is 2.00 bits per heavy atom. The van der Waals surface area contributed by atoms with Crippen molar-refractivity contribution < 1.29 is 14.3 Å². The lowest BCUT2D eigenvalue weighted by atomic mass is 9.91. The van der Waals surface area contributed by atoms with Gasteiger partial charge in [-0.1, -0.05) is 12.1 Å². The van der Waals surface area contributed by atoms with Crippen molar-refractivity contribution in [3.05, 3.63) is 66.2 Å². The number of hydrogen-bond acceptors (Lipinski definition) is 8. The van der Waals surface area contributed by atoms with E-state index in [9.17, 15) is 14.3 Å². The molecule has 204 valence electrons. The van der Waals surface area contributed by atoms with Gasteiger partial charge in [-0.15, -0.1) is 0 Å². The fourth-order valence-electron chi connectivity index (χ4n) is 4.55. The number of anilines is 2. The number of aliphatic hydroxyl groups excluding tert-OH is 1.